The number of aryl methyl sites for hydroxylation is 1. The summed E-state index contributed by atoms with van der Waals surface area (Å²) < 4.78 is 41.7. The molecular formula is C28H27N3O5S. The Kier molecular flexibility index (Phi) is 5.83. The zero-order valence-electron chi connectivity index (χ0n) is 21.2. The van der Waals surface area contributed by atoms with Gasteiger partial charge >= 0.3 is 6.09 Å². The quantitative estimate of drug-likeness (QED) is 0.291. The van der Waals surface area contributed by atoms with Crippen molar-refractivity contribution in [1.82, 2.24) is 13.5 Å². The number of aromatic nitrogens is 3. The highest BCUT2D eigenvalue weighted by molar-refractivity contribution is 7.90. The molecule has 0 bridgehead atoms. The lowest BCUT2D eigenvalue weighted by Gasteiger charge is -2.21. The summed E-state index contributed by atoms with van der Waals surface area (Å²) in [7, 11) is -2.52. The van der Waals surface area contributed by atoms with Crippen LogP contribution in [0.4, 0.5) is 4.79 Å². The van der Waals surface area contributed by atoms with Crippen molar-refractivity contribution in [3.63, 3.8) is 0 Å². The van der Waals surface area contributed by atoms with Crippen LogP contribution in [0.5, 0.6) is 5.75 Å². The first kappa shape index (κ1) is 24.6. The summed E-state index contributed by atoms with van der Waals surface area (Å²) in [5.74, 6) is 0.606. The Hall–Kier alpha value is -4.11. The molecule has 0 fully saturated rings. The normalized spacial score (nSPS) is 12.2. The van der Waals surface area contributed by atoms with Crippen molar-refractivity contribution >= 4 is 38.1 Å². The number of rotatable bonds is 4. The molecule has 37 heavy (non-hydrogen) atoms. The second-order valence-electron chi connectivity index (χ2n) is 9.80. The number of methoxy groups -OCH3 is 1. The molecule has 0 spiro atoms. The fourth-order valence-corrected chi connectivity index (χ4v) is 5.74. The van der Waals surface area contributed by atoms with E-state index < -0.39 is 21.7 Å². The van der Waals surface area contributed by atoms with Gasteiger partial charge < -0.3 is 9.47 Å². The third kappa shape index (κ3) is 4.35. The molecule has 5 aromatic rings. The monoisotopic (exact) mass is 517 g/mol. The minimum absolute atomic E-state index is 0.115. The van der Waals surface area contributed by atoms with Crippen molar-refractivity contribution in [1.29, 1.82) is 0 Å². The maximum Gasteiger partial charge on any atom is 0.419 e. The summed E-state index contributed by atoms with van der Waals surface area (Å²) in [6, 6.07) is 18.9. The van der Waals surface area contributed by atoms with Crippen LogP contribution in [0.15, 0.2) is 77.8 Å². The second kappa shape index (κ2) is 8.77. The highest BCUT2D eigenvalue weighted by Crippen LogP contribution is 2.36. The molecule has 0 saturated heterocycles. The van der Waals surface area contributed by atoms with Crippen LogP contribution in [0.3, 0.4) is 0 Å². The molecule has 0 unspecified atom stereocenters. The lowest BCUT2D eigenvalue weighted by molar-refractivity contribution is 0.0547. The Bertz CT molecular complexity index is 1760. The summed E-state index contributed by atoms with van der Waals surface area (Å²) in [5, 5.41) is 1.31. The van der Waals surface area contributed by atoms with E-state index in [2.05, 4.69) is 4.98 Å². The van der Waals surface area contributed by atoms with Gasteiger partial charge in [-0.15, -0.1) is 0 Å². The topological polar surface area (TPSA) is 92.4 Å². The minimum atomic E-state index is -4.08. The average molecular weight is 518 g/mol. The van der Waals surface area contributed by atoms with E-state index in [-0.39, 0.29) is 16.2 Å². The van der Waals surface area contributed by atoms with E-state index in [1.165, 1.54) is 8.54 Å². The van der Waals surface area contributed by atoms with Crippen LogP contribution in [0.1, 0.15) is 26.3 Å². The number of carbonyl (C=O) groups is 1. The molecule has 0 saturated carbocycles. The number of hydrogen-bond acceptors (Lipinski definition) is 6. The predicted octanol–water partition coefficient (Wildman–Crippen LogP) is 6.00. The molecule has 0 atom stereocenters. The van der Waals surface area contributed by atoms with E-state index in [0.29, 0.717) is 27.7 Å². The average Bonchev–Trinajstić information content (AvgIpc) is 3.41. The van der Waals surface area contributed by atoms with Gasteiger partial charge in [-0.2, -0.15) is 0 Å². The lowest BCUT2D eigenvalue weighted by atomic mass is 10.2. The van der Waals surface area contributed by atoms with Gasteiger partial charge in [0.25, 0.3) is 10.0 Å². The number of benzene rings is 2. The Morgan fingerprint density at radius 1 is 0.919 bits per heavy atom. The molecule has 0 radical (unpaired) electrons. The van der Waals surface area contributed by atoms with Gasteiger partial charge in [0.15, 0.2) is 5.65 Å². The van der Waals surface area contributed by atoms with Crippen molar-refractivity contribution in [2.45, 2.75) is 38.2 Å². The number of ether oxygens (including phenoxy) is 2. The van der Waals surface area contributed by atoms with Crippen molar-refractivity contribution < 1.29 is 22.7 Å². The first-order valence-electron chi connectivity index (χ1n) is 11.7. The lowest BCUT2D eigenvalue weighted by Crippen LogP contribution is -2.27. The molecule has 2 aromatic carbocycles. The largest absolute Gasteiger partial charge is 0.497 e. The van der Waals surface area contributed by atoms with Crippen LogP contribution in [0, 0.1) is 6.92 Å². The number of carbonyl (C=O) groups excluding carboxylic acids is 1. The van der Waals surface area contributed by atoms with Crippen LogP contribution < -0.4 is 4.74 Å². The second-order valence-corrected chi connectivity index (χ2v) is 11.6. The molecule has 0 aliphatic carbocycles. The first-order valence-corrected chi connectivity index (χ1v) is 13.2. The summed E-state index contributed by atoms with van der Waals surface area (Å²) in [5.41, 5.74) is 1.63. The molecule has 5 rings (SSSR count). The van der Waals surface area contributed by atoms with Gasteiger partial charge in [0.2, 0.25) is 0 Å². The van der Waals surface area contributed by atoms with Crippen molar-refractivity contribution in [3.8, 4) is 17.1 Å². The summed E-state index contributed by atoms with van der Waals surface area (Å²) in [4.78, 5) is 18.0. The van der Waals surface area contributed by atoms with Crippen LogP contribution in [0.25, 0.3) is 33.3 Å². The number of nitrogens with zero attached hydrogens (tertiary/aromatic N) is 3. The van der Waals surface area contributed by atoms with Gasteiger partial charge in [0, 0.05) is 17.0 Å². The maximum atomic E-state index is 14.0. The Balaban J connectivity index is 1.85. The number of fused-ring (bicyclic) bond motifs is 2. The SMILES string of the molecule is COc1ccc2c(c1)cc(-c1cc3cccnc3n1S(=O)(=O)c1ccc(C)cc1)n2C(=O)OC(C)(C)C. The predicted molar refractivity (Wildman–Crippen MR) is 143 cm³/mol. The fraction of sp³-hybridized carbons (Fsp3) is 0.214. The molecule has 0 amide bonds. The summed E-state index contributed by atoms with van der Waals surface area (Å²) >= 11 is 0. The van der Waals surface area contributed by atoms with Crippen LogP contribution in [0.2, 0.25) is 0 Å². The van der Waals surface area contributed by atoms with Gasteiger partial charge in [-0.05, 0) is 82.3 Å². The third-order valence-electron chi connectivity index (χ3n) is 5.93. The maximum absolute atomic E-state index is 14.0. The molecule has 3 aromatic heterocycles. The Labute approximate surface area is 215 Å². The molecule has 3 heterocycles. The smallest absolute Gasteiger partial charge is 0.419 e. The van der Waals surface area contributed by atoms with E-state index in [1.807, 2.05) is 6.92 Å². The Morgan fingerprint density at radius 2 is 1.62 bits per heavy atom. The molecule has 0 N–H and O–H groups in total. The molecule has 8 nitrogen and oxygen atoms in total. The zero-order chi connectivity index (χ0) is 26.5. The van der Waals surface area contributed by atoms with Gasteiger partial charge in [-0.3, -0.25) is 0 Å². The van der Waals surface area contributed by atoms with Crippen molar-refractivity contribution in [2.75, 3.05) is 7.11 Å². The molecule has 0 aliphatic rings. The Morgan fingerprint density at radius 3 is 2.30 bits per heavy atom. The molecule has 9 heteroatoms. The van der Waals surface area contributed by atoms with E-state index >= 15 is 0 Å². The highest BCUT2D eigenvalue weighted by atomic mass is 32.2. The van der Waals surface area contributed by atoms with Crippen molar-refractivity contribution in [2.24, 2.45) is 0 Å². The van der Waals surface area contributed by atoms with E-state index in [0.717, 1.165) is 5.56 Å². The number of hydrogen-bond donors (Lipinski definition) is 0. The van der Waals surface area contributed by atoms with Gasteiger partial charge in [0.05, 0.1) is 28.9 Å². The standard InChI is InChI=1S/C28H27N3O5S/c1-18-8-11-22(12-9-18)37(33,34)31-25(16-19-7-6-14-29-26(19)31)24-17-20-15-21(35-5)10-13-23(20)30(24)27(32)36-28(2,3)4/h6-17H,1-5H3. The van der Waals surface area contributed by atoms with E-state index in [9.17, 15) is 13.2 Å². The molecule has 190 valence electrons. The van der Waals surface area contributed by atoms with E-state index in [1.54, 1.807) is 101 Å². The third-order valence-corrected chi connectivity index (χ3v) is 7.64. The zero-order valence-corrected chi connectivity index (χ0v) is 22.0. The van der Waals surface area contributed by atoms with Gasteiger partial charge in [0.1, 0.15) is 11.4 Å². The number of pyridine rings is 1. The van der Waals surface area contributed by atoms with E-state index in [4.69, 9.17) is 9.47 Å². The van der Waals surface area contributed by atoms with Crippen molar-refractivity contribution in [3.05, 3.63) is 78.5 Å². The van der Waals surface area contributed by atoms with Crippen LogP contribution in [-0.4, -0.2) is 40.7 Å². The van der Waals surface area contributed by atoms with Crippen LogP contribution in [-0.2, 0) is 14.8 Å². The first-order chi connectivity index (χ1) is 17.5. The minimum Gasteiger partial charge on any atom is -0.497 e. The molecular weight excluding hydrogens is 490 g/mol. The van der Waals surface area contributed by atoms with Gasteiger partial charge in [-0.25, -0.2) is 26.7 Å². The highest BCUT2D eigenvalue weighted by Gasteiger charge is 2.29. The van der Waals surface area contributed by atoms with Crippen LogP contribution >= 0.6 is 0 Å². The summed E-state index contributed by atoms with van der Waals surface area (Å²) in [6.45, 7) is 7.23. The fourth-order valence-electron chi connectivity index (χ4n) is 4.26. The molecule has 0 aliphatic heterocycles. The van der Waals surface area contributed by atoms with Gasteiger partial charge in [-0.1, -0.05) is 17.7 Å². The summed E-state index contributed by atoms with van der Waals surface area (Å²) in [6.07, 6.45) is 0.918.